The van der Waals surface area contributed by atoms with Gasteiger partial charge in [0.05, 0.1) is 16.9 Å². The summed E-state index contributed by atoms with van der Waals surface area (Å²) < 4.78 is 0. The Morgan fingerprint density at radius 1 is 1.00 bits per heavy atom. The van der Waals surface area contributed by atoms with Gasteiger partial charge < -0.3 is 15.6 Å². The van der Waals surface area contributed by atoms with Crippen molar-refractivity contribution >= 4 is 45.4 Å². The fraction of sp³-hybridized carbons (Fsp3) is 0.174. The molecule has 0 fully saturated rings. The molecule has 0 amide bonds. The highest BCUT2D eigenvalue weighted by molar-refractivity contribution is 6.35. The second-order valence-corrected chi connectivity index (χ2v) is 8.50. The largest absolute Gasteiger partial charge is 0.361 e. The zero-order chi connectivity index (χ0) is 21.3. The monoisotopic (exact) mass is 416 g/mol. The molecule has 1 aromatic carbocycles. The molecule has 0 atom stereocenters. The molecule has 0 saturated carbocycles. The molecular formula is C23H21ClN6. The van der Waals surface area contributed by atoms with Crippen LogP contribution in [-0.2, 0) is 5.41 Å². The fourth-order valence-corrected chi connectivity index (χ4v) is 3.43. The van der Waals surface area contributed by atoms with Crippen LogP contribution in [0, 0.1) is 11.3 Å². The van der Waals surface area contributed by atoms with Gasteiger partial charge in [-0.05, 0) is 41.3 Å². The summed E-state index contributed by atoms with van der Waals surface area (Å²) in [6, 6.07) is 13.4. The molecule has 0 unspecified atom stereocenters. The number of fused-ring (bicyclic) bond motifs is 1. The summed E-state index contributed by atoms with van der Waals surface area (Å²) >= 11 is 6.37. The first kappa shape index (κ1) is 19.7. The van der Waals surface area contributed by atoms with Gasteiger partial charge in [0.2, 0.25) is 0 Å². The number of halogens is 1. The molecule has 150 valence electrons. The van der Waals surface area contributed by atoms with Crippen molar-refractivity contribution in [2.45, 2.75) is 26.2 Å². The molecule has 7 heteroatoms. The van der Waals surface area contributed by atoms with E-state index < -0.39 is 0 Å². The third-order valence-electron chi connectivity index (χ3n) is 4.72. The predicted molar refractivity (Wildman–Crippen MR) is 122 cm³/mol. The molecule has 4 rings (SSSR count). The average Bonchev–Trinajstić information content (AvgIpc) is 3.16. The third-order valence-corrected chi connectivity index (χ3v) is 5.04. The van der Waals surface area contributed by atoms with Gasteiger partial charge in [-0.25, -0.2) is 4.98 Å². The van der Waals surface area contributed by atoms with Crippen molar-refractivity contribution in [1.29, 1.82) is 5.26 Å². The Hall–Kier alpha value is -3.56. The summed E-state index contributed by atoms with van der Waals surface area (Å²) in [5, 5.41) is 17.6. The molecule has 0 radical (unpaired) electrons. The van der Waals surface area contributed by atoms with Gasteiger partial charge in [0, 0.05) is 40.7 Å². The Labute approximate surface area is 179 Å². The topological polar surface area (TPSA) is 89.4 Å². The molecule has 0 saturated heterocycles. The van der Waals surface area contributed by atoms with Crippen LogP contribution in [0.1, 0.15) is 32.0 Å². The van der Waals surface area contributed by atoms with E-state index in [2.05, 4.69) is 58.5 Å². The van der Waals surface area contributed by atoms with Crippen molar-refractivity contribution in [3.8, 4) is 6.07 Å². The van der Waals surface area contributed by atoms with Gasteiger partial charge in [0.25, 0.3) is 0 Å². The van der Waals surface area contributed by atoms with E-state index in [1.54, 1.807) is 12.3 Å². The molecule has 0 aliphatic carbocycles. The molecule has 6 nitrogen and oxygen atoms in total. The van der Waals surface area contributed by atoms with Crippen molar-refractivity contribution in [2.24, 2.45) is 0 Å². The van der Waals surface area contributed by atoms with Crippen molar-refractivity contribution < 1.29 is 0 Å². The van der Waals surface area contributed by atoms with Crippen LogP contribution in [0.15, 0.2) is 55.0 Å². The number of nitriles is 1. The molecule has 3 heterocycles. The first-order chi connectivity index (χ1) is 14.3. The number of H-pyrrole nitrogens is 1. The summed E-state index contributed by atoms with van der Waals surface area (Å²) in [4.78, 5) is 11.9. The lowest BCUT2D eigenvalue weighted by Crippen LogP contribution is -2.11. The van der Waals surface area contributed by atoms with Crippen molar-refractivity contribution in [3.63, 3.8) is 0 Å². The van der Waals surface area contributed by atoms with Crippen molar-refractivity contribution in [2.75, 3.05) is 10.6 Å². The standard InChI is InChI=1S/C23H21ClN6/c1-23(2,3)14-6-18(13-26-12-14)28-15-7-17(11-25)30-22(10-15)29-16-8-20(24)19-4-5-27-21(19)9-16/h4-10,12-13,27H,1-3H3,(H2,28,29,30). The SMILES string of the molecule is CC(C)(C)c1cncc(Nc2cc(C#N)nc(Nc3cc(Cl)c4cc[nH]c4c3)c2)c1. The lowest BCUT2D eigenvalue weighted by atomic mass is 9.88. The Balaban J connectivity index is 1.64. The zero-order valence-corrected chi connectivity index (χ0v) is 17.7. The van der Waals surface area contributed by atoms with Gasteiger partial charge in [-0.2, -0.15) is 5.26 Å². The van der Waals surface area contributed by atoms with Gasteiger partial charge in [-0.3, -0.25) is 4.98 Å². The van der Waals surface area contributed by atoms with Crippen LogP contribution in [0.4, 0.5) is 22.9 Å². The molecule has 0 aliphatic heterocycles. The smallest absolute Gasteiger partial charge is 0.144 e. The number of hydrogen-bond donors (Lipinski definition) is 3. The lowest BCUT2D eigenvalue weighted by molar-refractivity contribution is 0.588. The van der Waals surface area contributed by atoms with E-state index in [0.717, 1.165) is 33.5 Å². The van der Waals surface area contributed by atoms with Crippen LogP contribution in [0.25, 0.3) is 10.9 Å². The molecule has 3 aromatic heterocycles. The summed E-state index contributed by atoms with van der Waals surface area (Å²) in [5.74, 6) is 0.540. The summed E-state index contributed by atoms with van der Waals surface area (Å²) in [7, 11) is 0. The summed E-state index contributed by atoms with van der Waals surface area (Å²) in [6.45, 7) is 6.42. The number of anilines is 4. The van der Waals surface area contributed by atoms with Gasteiger partial charge >= 0.3 is 0 Å². The number of aromatic nitrogens is 3. The molecule has 0 aliphatic rings. The van der Waals surface area contributed by atoms with E-state index in [9.17, 15) is 5.26 Å². The molecule has 4 aromatic rings. The normalized spacial score (nSPS) is 11.3. The van der Waals surface area contributed by atoms with Crippen LogP contribution < -0.4 is 10.6 Å². The second kappa shape index (κ2) is 7.69. The number of pyridine rings is 2. The van der Waals surface area contributed by atoms with Gasteiger partial charge in [0.15, 0.2) is 0 Å². The number of nitrogens with zero attached hydrogens (tertiary/aromatic N) is 3. The minimum atomic E-state index is -0.0107. The molecule has 0 bridgehead atoms. The number of aromatic amines is 1. The van der Waals surface area contributed by atoms with E-state index in [4.69, 9.17) is 11.6 Å². The van der Waals surface area contributed by atoms with E-state index in [0.29, 0.717) is 16.5 Å². The Morgan fingerprint density at radius 3 is 2.57 bits per heavy atom. The highest BCUT2D eigenvalue weighted by Crippen LogP contribution is 2.30. The maximum Gasteiger partial charge on any atom is 0.144 e. The maximum absolute atomic E-state index is 9.42. The highest BCUT2D eigenvalue weighted by atomic mass is 35.5. The predicted octanol–water partition coefficient (Wildman–Crippen LogP) is 6.27. The third kappa shape index (κ3) is 4.22. The Kier molecular flexibility index (Phi) is 5.06. The Bertz CT molecular complexity index is 1260. The van der Waals surface area contributed by atoms with Crippen LogP contribution in [-0.4, -0.2) is 15.0 Å². The molecular weight excluding hydrogens is 396 g/mol. The van der Waals surface area contributed by atoms with E-state index in [-0.39, 0.29) is 5.41 Å². The molecule has 0 spiro atoms. The minimum Gasteiger partial charge on any atom is -0.361 e. The van der Waals surface area contributed by atoms with Crippen molar-refractivity contribution in [1.82, 2.24) is 15.0 Å². The fourth-order valence-electron chi connectivity index (χ4n) is 3.15. The zero-order valence-electron chi connectivity index (χ0n) is 16.9. The average molecular weight is 417 g/mol. The number of nitrogens with one attached hydrogen (secondary N) is 3. The van der Waals surface area contributed by atoms with Crippen LogP contribution in [0.5, 0.6) is 0 Å². The summed E-state index contributed by atoms with van der Waals surface area (Å²) in [5.41, 5.74) is 4.69. The lowest BCUT2D eigenvalue weighted by Gasteiger charge is -2.19. The molecule has 3 N–H and O–H groups in total. The quantitative estimate of drug-likeness (QED) is 0.365. The van der Waals surface area contributed by atoms with E-state index in [1.165, 1.54) is 0 Å². The highest BCUT2D eigenvalue weighted by Gasteiger charge is 2.14. The maximum atomic E-state index is 9.42. The van der Waals surface area contributed by atoms with E-state index >= 15 is 0 Å². The van der Waals surface area contributed by atoms with E-state index in [1.807, 2.05) is 36.7 Å². The number of hydrogen-bond acceptors (Lipinski definition) is 5. The van der Waals surface area contributed by atoms with Crippen LogP contribution >= 0.6 is 11.6 Å². The first-order valence-electron chi connectivity index (χ1n) is 9.50. The minimum absolute atomic E-state index is 0.0107. The van der Waals surface area contributed by atoms with Gasteiger partial charge in [-0.15, -0.1) is 0 Å². The second-order valence-electron chi connectivity index (χ2n) is 8.10. The van der Waals surface area contributed by atoms with Gasteiger partial charge in [0.1, 0.15) is 17.6 Å². The Morgan fingerprint density at radius 2 is 1.80 bits per heavy atom. The molecule has 30 heavy (non-hydrogen) atoms. The number of rotatable bonds is 4. The van der Waals surface area contributed by atoms with Gasteiger partial charge in [-0.1, -0.05) is 32.4 Å². The van der Waals surface area contributed by atoms with Crippen LogP contribution in [0.2, 0.25) is 5.02 Å². The van der Waals surface area contributed by atoms with Crippen molar-refractivity contribution in [3.05, 3.63) is 71.3 Å². The first-order valence-corrected chi connectivity index (χ1v) is 9.88. The van der Waals surface area contributed by atoms with Crippen LogP contribution in [0.3, 0.4) is 0 Å². The number of benzene rings is 1. The summed E-state index contributed by atoms with van der Waals surface area (Å²) in [6.07, 6.45) is 5.47.